The Morgan fingerprint density at radius 3 is 2.58 bits per heavy atom. The zero-order chi connectivity index (χ0) is 19.3. The molecule has 2 aromatic rings. The minimum Gasteiger partial charge on any atom is -0.472 e. The van der Waals surface area contributed by atoms with Gasteiger partial charge in [0.25, 0.3) is 10.0 Å². The van der Waals surface area contributed by atoms with E-state index in [4.69, 9.17) is 4.42 Å². The second kappa shape index (κ2) is 8.05. The third kappa shape index (κ3) is 4.85. The largest absolute Gasteiger partial charge is 0.472 e. The van der Waals surface area contributed by atoms with Crippen molar-refractivity contribution in [2.45, 2.75) is 31.2 Å². The van der Waals surface area contributed by atoms with Crippen LogP contribution in [0.3, 0.4) is 0 Å². The van der Waals surface area contributed by atoms with E-state index in [0.29, 0.717) is 11.1 Å². The maximum atomic E-state index is 12.3. The average molecular weight is 379 g/mol. The van der Waals surface area contributed by atoms with Gasteiger partial charge in [-0.3, -0.25) is 4.79 Å². The van der Waals surface area contributed by atoms with Gasteiger partial charge in [-0.2, -0.15) is 0 Å². The summed E-state index contributed by atoms with van der Waals surface area (Å²) in [5.74, 6) is -0.259. The van der Waals surface area contributed by atoms with Gasteiger partial charge in [0.1, 0.15) is 0 Å². The maximum Gasteiger partial charge on any atom is 0.328 e. The van der Waals surface area contributed by atoms with E-state index in [1.807, 2.05) is 11.6 Å². The highest BCUT2D eigenvalue weighted by Crippen LogP contribution is 2.18. The van der Waals surface area contributed by atoms with E-state index in [0.717, 1.165) is 5.56 Å². The Balaban J connectivity index is 2.13. The lowest BCUT2D eigenvalue weighted by atomic mass is 10.1. The molecule has 140 valence electrons. The molecule has 0 aliphatic carbocycles. The Hall–Kier alpha value is -2.81. The molecule has 0 bridgehead atoms. The Morgan fingerprint density at radius 2 is 1.96 bits per heavy atom. The summed E-state index contributed by atoms with van der Waals surface area (Å²) in [7, 11) is -2.71. The Morgan fingerprint density at radius 1 is 1.23 bits per heavy atom. The monoisotopic (exact) mass is 379 g/mol. The molecule has 0 spiro atoms. The molecule has 0 saturated heterocycles. The number of hydrogen-bond donors (Lipinski definition) is 3. The fourth-order valence-corrected chi connectivity index (χ4v) is 3.61. The van der Waals surface area contributed by atoms with Gasteiger partial charge in [0, 0.05) is 12.6 Å². The van der Waals surface area contributed by atoms with Gasteiger partial charge in [-0.15, -0.1) is 0 Å². The van der Waals surface area contributed by atoms with Crippen LogP contribution >= 0.6 is 0 Å². The molecule has 1 unspecified atom stereocenters. The molecule has 0 aliphatic heterocycles. The zero-order valence-corrected chi connectivity index (χ0v) is 15.5. The van der Waals surface area contributed by atoms with Gasteiger partial charge in [-0.1, -0.05) is 12.1 Å². The van der Waals surface area contributed by atoms with Gasteiger partial charge in [0.2, 0.25) is 5.91 Å². The summed E-state index contributed by atoms with van der Waals surface area (Å²) >= 11 is 0. The molecule has 2 rings (SSSR count). The van der Waals surface area contributed by atoms with Crippen LogP contribution in [0, 0.1) is 6.92 Å². The topological polar surface area (TPSA) is 118 Å². The van der Waals surface area contributed by atoms with Crippen LogP contribution in [0.1, 0.15) is 29.7 Å². The van der Waals surface area contributed by atoms with Crippen LogP contribution in [-0.4, -0.2) is 27.4 Å². The molecule has 26 heavy (non-hydrogen) atoms. The van der Waals surface area contributed by atoms with Crippen LogP contribution in [0.15, 0.2) is 46.1 Å². The number of sulfonamides is 1. The maximum absolute atomic E-state index is 12.3. The van der Waals surface area contributed by atoms with Crippen molar-refractivity contribution in [3.63, 3.8) is 0 Å². The van der Waals surface area contributed by atoms with E-state index in [9.17, 15) is 18.0 Å². The SMILES string of the molecule is CNC(=O)NS(=O)(=O)c1cc(CC(=O)NC(C)c2ccoc2)ccc1C. The quantitative estimate of drug-likeness (QED) is 0.705. The Bertz CT molecular complexity index is 891. The lowest BCUT2D eigenvalue weighted by molar-refractivity contribution is -0.121. The van der Waals surface area contributed by atoms with Crippen molar-refractivity contribution in [1.82, 2.24) is 15.4 Å². The van der Waals surface area contributed by atoms with E-state index >= 15 is 0 Å². The molecule has 3 amide bonds. The number of rotatable bonds is 6. The van der Waals surface area contributed by atoms with Gasteiger partial charge in [0.05, 0.1) is 29.9 Å². The van der Waals surface area contributed by atoms with Crippen molar-refractivity contribution in [2.75, 3.05) is 7.05 Å². The first-order valence-electron chi connectivity index (χ1n) is 7.88. The van der Waals surface area contributed by atoms with E-state index in [1.165, 1.54) is 19.4 Å². The number of benzene rings is 1. The predicted octanol–water partition coefficient (Wildman–Crippen LogP) is 1.63. The van der Waals surface area contributed by atoms with Gasteiger partial charge < -0.3 is 15.1 Å². The first kappa shape index (κ1) is 19.5. The summed E-state index contributed by atoms with van der Waals surface area (Å²) < 4.78 is 31.5. The second-order valence-corrected chi connectivity index (χ2v) is 7.46. The summed E-state index contributed by atoms with van der Waals surface area (Å²) in [5, 5.41) is 5.01. The molecule has 0 aliphatic rings. The van der Waals surface area contributed by atoms with Crippen molar-refractivity contribution in [1.29, 1.82) is 0 Å². The predicted molar refractivity (Wildman–Crippen MR) is 94.9 cm³/mol. The van der Waals surface area contributed by atoms with Crippen LogP contribution in [0.2, 0.25) is 0 Å². The number of hydrogen-bond acceptors (Lipinski definition) is 5. The summed E-state index contributed by atoms with van der Waals surface area (Å²) in [6.45, 7) is 3.43. The van der Waals surface area contributed by atoms with Crippen molar-refractivity contribution in [3.05, 3.63) is 53.5 Å². The molecule has 1 atom stereocenters. The van der Waals surface area contributed by atoms with Crippen molar-refractivity contribution in [2.24, 2.45) is 0 Å². The molecule has 1 aromatic heterocycles. The molecule has 0 fully saturated rings. The van der Waals surface area contributed by atoms with Crippen molar-refractivity contribution >= 4 is 22.0 Å². The molecule has 3 N–H and O–H groups in total. The number of aryl methyl sites for hydroxylation is 1. The molecular formula is C17H21N3O5S. The van der Waals surface area contributed by atoms with Crippen LogP contribution < -0.4 is 15.4 Å². The minimum absolute atomic E-state index is 0.00493. The molecule has 1 aromatic carbocycles. The first-order valence-corrected chi connectivity index (χ1v) is 9.36. The minimum atomic E-state index is -4.03. The number of carbonyl (C=O) groups is 2. The van der Waals surface area contributed by atoms with Gasteiger partial charge in [-0.05, 0) is 37.1 Å². The summed E-state index contributed by atoms with van der Waals surface area (Å²) in [4.78, 5) is 23.5. The summed E-state index contributed by atoms with van der Waals surface area (Å²) in [6, 6.07) is 5.36. The number of urea groups is 1. The lowest BCUT2D eigenvalue weighted by Gasteiger charge is -2.13. The zero-order valence-electron chi connectivity index (χ0n) is 14.7. The van der Waals surface area contributed by atoms with Crippen molar-refractivity contribution in [3.8, 4) is 0 Å². The number of furan rings is 1. The van der Waals surface area contributed by atoms with E-state index in [1.54, 1.807) is 31.4 Å². The molecule has 0 saturated carbocycles. The highest BCUT2D eigenvalue weighted by molar-refractivity contribution is 7.90. The molecule has 9 heteroatoms. The van der Waals surface area contributed by atoms with Gasteiger partial charge in [-0.25, -0.2) is 17.9 Å². The summed E-state index contributed by atoms with van der Waals surface area (Å²) in [5.41, 5.74) is 1.82. The first-order chi connectivity index (χ1) is 12.2. The number of nitrogens with one attached hydrogen (secondary N) is 3. The van der Waals surface area contributed by atoms with Crippen LogP contribution in [0.25, 0.3) is 0 Å². The Kier molecular flexibility index (Phi) is 6.04. The van der Waals surface area contributed by atoms with E-state index < -0.39 is 16.1 Å². The highest BCUT2D eigenvalue weighted by atomic mass is 32.2. The van der Waals surface area contributed by atoms with E-state index in [2.05, 4.69) is 10.6 Å². The number of amides is 3. The Labute approximate surface area is 152 Å². The van der Waals surface area contributed by atoms with E-state index in [-0.39, 0.29) is 23.3 Å². The normalized spacial score (nSPS) is 12.3. The lowest BCUT2D eigenvalue weighted by Crippen LogP contribution is -2.37. The summed E-state index contributed by atoms with van der Waals surface area (Å²) in [6.07, 6.45) is 3.07. The average Bonchev–Trinajstić information content (AvgIpc) is 3.10. The molecule has 0 radical (unpaired) electrons. The fraction of sp³-hybridized carbons (Fsp3) is 0.294. The molecular weight excluding hydrogens is 358 g/mol. The standard InChI is InChI=1S/C17H21N3O5S/c1-11-4-5-13(8-15(11)26(23,24)20-17(22)18-3)9-16(21)19-12(2)14-6-7-25-10-14/h4-8,10,12H,9H2,1-3H3,(H,19,21)(H2,18,20,22). The molecule has 1 heterocycles. The number of carbonyl (C=O) groups excluding carboxylic acids is 2. The fourth-order valence-electron chi connectivity index (χ4n) is 2.35. The van der Waals surface area contributed by atoms with Gasteiger partial charge >= 0.3 is 6.03 Å². The molecule has 8 nitrogen and oxygen atoms in total. The van der Waals surface area contributed by atoms with Crippen LogP contribution in [0.4, 0.5) is 4.79 Å². The third-order valence-electron chi connectivity index (χ3n) is 3.78. The van der Waals surface area contributed by atoms with Crippen molar-refractivity contribution < 1.29 is 22.4 Å². The highest BCUT2D eigenvalue weighted by Gasteiger charge is 2.20. The smallest absolute Gasteiger partial charge is 0.328 e. The van der Waals surface area contributed by atoms with Crippen LogP contribution in [-0.2, 0) is 21.2 Å². The third-order valence-corrected chi connectivity index (χ3v) is 5.25. The van der Waals surface area contributed by atoms with Gasteiger partial charge in [0.15, 0.2) is 0 Å². The second-order valence-electron chi connectivity index (χ2n) is 5.81. The van der Waals surface area contributed by atoms with Crippen LogP contribution in [0.5, 0.6) is 0 Å².